The molecule has 1 saturated heterocycles. The predicted octanol–water partition coefficient (Wildman–Crippen LogP) is 3.73. The first kappa shape index (κ1) is 20.4. The van der Waals surface area contributed by atoms with E-state index in [9.17, 15) is 0 Å². The number of hydrogen-bond donors (Lipinski definition) is 1. The first-order valence-corrected chi connectivity index (χ1v) is 11.1. The lowest BCUT2D eigenvalue weighted by Crippen LogP contribution is -2.31. The van der Waals surface area contributed by atoms with Gasteiger partial charge in [0.15, 0.2) is 5.65 Å². The number of ether oxygens (including phenoxy) is 1. The Hall–Kier alpha value is -3.46. The fourth-order valence-corrected chi connectivity index (χ4v) is 4.21. The molecule has 1 aliphatic rings. The van der Waals surface area contributed by atoms with E-state index < -0.39 is 0 Å². The van der Waals surface area contributed by atoms with E-state index in [0.717, 1.165) is 60.0 Å². The molecule has 1 aromatic carbocycles. The summed E-state index contributed by atoms with van der Waals surface area (Å²) in [4.78, 5) is 16.2. The number of aromatic nitrogens is 6. The number of nitrogens with one attached hydrogen (secondary N) is 1. The number of imidazole rings is 1. The maximum atomic E-state index is 5.56. The summed E-state index contributed by atoms with van der Waals surface area (Å²) in [6.45, 7) is 6.79. The van der Waals surface area contributed by atoms with Gasteiger partial charge >= 0.3 is 0 Å². The van der Waals surface area contributed by atoms with Crippen molar-refractivity contribution < 1.29 is 4.74 Å². The highest BCUT2D eigenvalue weighted by molar-refractivity contribution is 5.75. The van der Waals surface area contributed by atoms with E-state index in [2.05, 4.69) is 37.0 Å². The molecule has 1 aliphatic heterocycles. The Kier molecular flexibility index (Phi) is 5.48. The van der Waals surface area contributed by atoms with Crippen LogP contribution in [0.15, 0.2) is 42.9 Å². The van der Waals surface area contributed by atoms with Gasteiger partial charge in [0.05, 0.1) is 30.7 Å². The zero-order valence-electron chi connectivity index (χ0n) is 18.7. The van der Waals surface area contributed by atoms with Crippen LogP contribution < -0.4 is 10.1 Å². The van der Waals surface area contributed by atoms with Gasteiger partial charge in [-0.3, -0.25) is 9.25 Å². The molecule has 0 amide bonds. The molecule has 0 radical (unpaired) electrons. The number of benzene rings is 1. The molecule has 0 spiro atoms. The zero-order valence-corrected chi connectivity index (χ0v) is 18.7. The topological polar surface area (TPSA) is 85.9 Å². The second-order valence-corrected chi connectivity index (χ2v) is 8.19. The van der Waals surface area contributed by atoms with E-state index in [-0.39, 0.29) is 0 Å². The molecule has 9 nitrogen and oxygen atoms in total. The van der Waals surface area contributed by atoms with Crippen LogP contribution in [0.2, 0.25) is 0 Å². The zero-order chi connectivity index (χ0) is 22.1. The van der Waals surface area contributed by atoms with Gasteiger partial charge < -0.3 is 15.0 Å². The maximum absolute atomic E-state index is 5.56. The van der Waals surface area contributed by atoms with E-state index in [1.807, 2.05) is 55.1 Å². The molecule has 166 valence electrons. The molecule has 4 aromatic rings. The largest absolute Gasteiger partial charge is 0.494 e. The van der Waals surface area contributed by atoms with Gasteiger partial charge in [-0.05, 0) is 71.1 Å². The number of hydrogen-bond acceptors (Lipinski definition) is 7. The van der Waals surface area contributed by atoms with Crippen molar-refractivity contribution in [1.29, 1.82) is 0 Å². The Morgan fingerprint density at radius 3 is 2.62 bits per heavy atom. The van der Waals surface area contributed by atoms with Crippen LogP contribution in [0.25, 0.3) is 16.9 Å². The van der Waals surface area contributed by atoms with Crippen molar-refractivity contribution in [3.05, 3.63) is 48.7 Å². The molecule has 0 unspecified atom stereocenters. The van der Waals surface area contributed by atoms with Crippen LogP contribution in [0.3, 0.4) is 0 Å². The van der Waals surface area contributed by atoms with Crippen LogP contribution in [0.1, 0.15) is 31.6 Å². The van der Waals surface area contributed by atoms with Gasteiger partial charge in [0.1, 0.15) is 17.1 Å². The van der Waals surface area contributed by atoms with E-state index >= 15 is 0 Å². The van der Waals surface area contributed by atoms with Gasteiger partial charge in [-0.1, -0.05) is 0 Å². The maximum Gasteiger partial charge on any atom is 0.229 e. The van der Waals surface area contributed by atoms with Crippen LogP contribution in [-0.4, -0.2) is 60.9 Å². The van der Waals surface area contributed by atoms with Crippen molar-refractivity contribution in [3.8, 4) is 11.4 Å². The molecule has 0 bridgehead atoms. The third kappa shape index (κ3) is 4.03. The number of fused-ring (bicyclic) bond motifs is 1. The minimum Gasteiger partial charge on any atom is -0.494 e. The molecule has 9 heteroatoms. The summed E-state index contributed by atoms with van der Waals surface area (Å²) in [7, 11) is 2.17. The molecule has 4 heterocycles. The van der Waals surface area contributed by atoms with Crippen LogP contribution in [-0.2, 0) is 0 Å². The fraction of sp³-hybridized carbons (Fsp3) is 0.391. The van der Waals surface area contributed by atoms with Crippen LogP contribution >= 0.6 is 0 Å². The molecule has 0 atom stereocenters. The standard InChI is InChI=1S/C23H28N8O/c1-4-32-20-7-5-19(6-8-20)31-16(2)26-21-14-24-23(28-22(21)31)27-17-13-25-30(15-17)18-9-11-29(3)12-10-18/h5-8,13-15,18H,4,9-12H2,1-3H3,(H,24,27,28). The Morgan fingerprint density at radius 2 is 1.88 bits per heavy atom. The molecule has 1 fully saturated rings. The summed E-state index contributed by atoms with van der Waals surface area (Å²) in [5.41, 5.74) is 3.37. The molecule has 5 rings (SSSR count). The van der Waals surface area contributed by atoms with Gasteiger partial charge in [0, 0.05) is 11.9 Å². The van der Waals surface area contributed by atoms with Crippen molar-refractivity contribution in [2.24, 2.45) is 0 Å². The first-order valence-electron chi connectivity index (χ1n) is 11.1. The van der Waals surface area contributed by atoms with Gasteiger partial charge in [-0.2, -0.15) is 10.1 Å². The summed E-state index contributed by atoms with van der Waals surface area (Å²) < 4.78 is 9.65. The van der Waals surface area contributed by atoms with Crippen LogP contribution in [0, 0.1) is 6.92 Å². The van der Waals surface area contributed by atoms with Gasteiger partial charge in [0.25, 0.3) is 0 Å². The number of likely N-dealkylation sites (tertiary alicyclic amines) is 1. The number of piperidine rings is 1. The monoisotopic (exact) mass is 432 g/mol. The molecular weight excluding hydrogens is 404 g/mol. The summed E-state index contributed by atoms with van der Waals surface area (Å²) in [5.74, 6) is 2.22. The Bertz CT molecular complexity index is 1200. The molecular formula is C23H28N8O. The van der Waals surface area contributed by atoms with Crippen LogP contribution in [0.4, 0.5) is 11.6 Å². The second-order valence-electron chi connectivity index (χ2n) is 8.19. The molecule has 0 saturated carbocycles. The number of rotatable bonds is 6. The Labute approximate surface area is 187 Å². The SMILES string of the molecule is CCOc1ccc(-n2c(C)nc3cnc(Nc4cnn(C5CCN(C)CC5)c4)nc32)cc1. The van der Waals surface area contributed by atoms with Crippen molar-refractivity contribution in [1.82, 2.24) is 34.2 Å². The summed E-state index contributed by atoms with van der Waals surface area (Å²) in [6, 6.07) is 8.39. The molecule has 32 heavy (non-hydrogen) atoms. The lowest BCUT2D eigenvalue weighted by atomic mass is 10.1. The number of anilines is 2. The third-order valence-corrected chi connectivity index (χ3v) is 5.89. The summed E-state index contributed by atoms with van der Waals surface area (Å²) in [5, 5.41) is 7.87. The smallest absolute Gasteiger partial charge is 0.229 e. The quantitative estimate of drug-likeness (QED) is 0.497. The lowest BCUT2D eigenvalue weighted by molar-refractivity contribution is 0.212. The normalized spacial score (nSPS) is 15.3. The average Bonchev–Trinajstić information content (AvgIpc) is 3.39. The van der Waals surface area contributed by atoms with Crippen molar-refractivity contribution in [2.45, 2.75) is 32.7 Å². The lowest BCUT2D eigenvalue weighted by Gasteiger charge is -2.28. The fourth-order valence-electron chi connectivity index (χ4n) is 4.21. The predicted molar refractivity (Wildman–Crippen MR) is 124 cm³/mol. The highest BCUT2D eigenvalue weighted by Gasteiger charge is 2.19. The van der Waals surface area contributed by atoms with Crippen LogP contribution in [0.5, 0.6) is 5.75 Å². The van der Waals surface area contributed by atoms with Crippen molar-refractivity contribution in [2.75, 3.05) is 32.1 Å². The van der Waals surface area contributed by atoms with Gasteiger partial charge in [-0.15, -0.1) is 0 Å². The van der Waals surface area contributed by atoms with E-state index in [1.165, 1.54) is 0 Å². The first-order chi connectivity index (χ1) is 15.6. The van der Waals surface area contributed by atoms with E-state index in [1.54, 1.807) is 6.20 Å². The Balaban J connectivity index is 1.39. The van der Waals surface area contributed by atoms with E-state index in [0.29, 0.717) is 18.6 Å². The average molecular weight is 433 g/mol. The van der Waals surface area contributed by atoms with Crippen molar-refractivity contribution in [3.63, 3.8) is 0 Å². The molecule has 1 N–H and O–H groups in total. The summed E-state index contributed by atoms with van der Waals surface area (Å²) >= 11 is 0. The number of nitrogens with zero attached hydrogens (tertiary/aromatic N) is 7. The minimum absolute atomic E-state index is 0.439. The van der Waals surface area contributed by atoms with Gasteiger partial charge in [-0.25, -0.2) is 9.97 Å². The van der Waals surface area contributed by atoms with Gasteiger partial charge in [0.2, 0.25) is 5.95 Å². The molecule has 0 aliphatic carbocycles. The number of aryl methyl sites for hydroxylation is 1. The Morgan fingerprint density at radius 1 is 1.09 bits per heavy atom. The minimum atomic E-state index is 0.439. The highest BCUT2D eigenvalue weighted by atomic mass is 16.5. The van der Waals surface area contributed by atoms with E-state index in [4.69, 9.17) is 9.72 Å². The van der Waals surface area contributed by atoms with Crippen molar-refractivity contribution >= 4 is 22.8 Å². The summed E-state index contributed by atoms with van der Waals surface area (Å²) in [6.07, 6.45) is 7.85. The highest BCUT2D eigenvalue weighted by Crippen LogP contribution is 2.25. The molecule has 3 aromatic heterocycles. The third-order valence-electron chi connectivity index (χ3n) is 5.89. The second kappa shape index (κ2) is 8.58.